The van der Waals surface area contributed by atoms with Crippen molar-refractivity contribution in [2.24, 2.45) is 0 Å². The van der Waals surface area contributed by atoms with E-state index in [1.165, 1.54) is 5.23 Å². The highest BCUT2D eigenvalue weighted by molar-refractivity contribution is 9.10. The van der Waals surface area contributed by atoms with Gasteiger partial charge in [-0.2, -0.15) is 0 Å². The molecular formula is C21H18BrNO6. The van der Waals surface area contributed by atoms with Crippen LogP contribution in [0.5, 0.6) is 5.75 Å². The van der Waals surface area contributed by atoms with E-state index in [1.807, 2.05) is 36.4 Å². The van der Waals surface area contributed by atoms with Gasteiger partial charge in [0.25, 0.3) is 0 Å². The zero-order chi connectivity index (χ0) is 20.1. The first-order chi connectivity index (χ1) is 14.1. The van der Waals surface area contributed by atoms with Crippen LogP contribution in [0, 0.1) is 0 Å². The van der Waals surface area contributed by atoms with Crippen LogP contribution in [0.3, 0.4) is 0 Å². The van der Waals surface area contributed by atoms with Gasteiger partial charge in [-0.15, -0.1) is 0 Å². The molecule has 0 saturated carbocycles. The second-order valence-electron chi connectivity index (χ2n) is 7.10. The lowest BCUT2D eigenvalue weighted by molar-refractivity contribution is -0.347. The van der Waals surface area contributed by atoms with E-state index in [1.54, 1.807) is 19.1 Å². The molecule has 2 saturated heterocycles. The number of benzene rings is 2. The summed E-state index contributed by atoms with van der Waals surface area (Å²) in [6.45, 7) is 1.97. The van der Waals surface area contributed by atoms with Crippen molar-refractivity contribution in [2.45, 2.75) is 37.2 Å². The third kappa shape index (κ3) is 2.98. The maximum atomic E-state index is 13.3. The predicted molar refractivity (Wildman–Crippen MR) is 104 cm³/mol. The number of ketones is 1. The number of nitrogens with zero attached hydrogens (tertiary/aromatic N) is 1. The molecule has 2 aromatic carbocycles. The fourth-order valence-electron chi connectivity index (χ4n) is 4.21. The SMILES string of the molecule is CCOC(=O)[C@@H]1ON2O[C@H](C(=O)c3ccc(Br)cc3)[C@H]3c4ccccc4O[C@@H]1[C@H]32. The number of Topliss-reactive ketones (excluding diaryl/α,β-unsaturated/α-hetero) is 1. The molecule has 29 heavy (non-hydrogen) atoms. The molecule has 150 valence electrons. The Hall–Kier alpha value is -2.26. The topological polar surface area (TPSA) is 74.3 Å². The number of ether oxygens (including phenoxy) is 2. The summed E-state index contributed by atoms with van der Waals surface area (Å²) in [5.41, 5.74) is 1.40. The summed E-state index contributed by atoms with van der Waals surface area (Å²) in [7, 11) is 0. The number of hydroxylamine groups is 2. The van der Waals surface area contributed by atoms with E-state index in [9.17, 15) is 9.59 Å². The second kappa shape index (κ2) is 7.21. The molecule has 2 fully saturated rings. The highest BCUT2D eigenvalue weighted by Crippen LogP contribution is 2.50. The molecule has 8 heteroatoms. The minimum absolute atomic E-state index is 0.149. The van der Waals surface area contributed by atoms with Crippen LogP contribution in [0.1, 0.15) is 28.8 Å². The Morgan fingerprint density at radius 1 is 1.07 bits per heavy atom. The van der Waals surface area contributed by atoms with E-state index in [4.69, 9.17) is 19.1 Å². The van der Waals surface area contributed by atoms with Crippen LogP contribution in [0.2, 0.25) is 0 Å². The maximum absolute atomic E-state index is 13.3. The highest BCUT2D eigenvalue weighted by Gasteiger charge is 2.64. The molecule has 0 aromatic heterocycles. The fraction of sp³-hybridized carbons (Fsp3) is 0.333. The zero-order valence-corrected chi connectivity index (χ0v) is 17.1. The van der Waals surface area contributed by atoms with Crippen molar-refractivity contribution in [2.75, 3.05) is 6.61 Å². The van der Waals surface area contributed by atoms with Crippen molar-refractivity contribution in [1.29, 1.82) is 0 Å². The summed E-state index contributed by atoms with van der Waals surface area (Å²) in [5, 5.41) is 1.26. The van der Waals surface area contributed by atoms with E-state index in [0.717, 1.165) is 10.0 Å². The molecule has 0 radical (unpaired) electrons. The van der Waals surface area contributed by atoms with Gasteiger partial charge in [-0.3, -0.25) is 14.5 Å². The Morgan fingerprint density at radius 3 is 2.55 bits per heavy atom. The van der Waals surface area contributed by atoms with Crippen LogP contribution >= 0.6 is 15.9 Å². The molecular weight excluding hydrogens is 442 g/mol. The average molecular weight is 460 g/mol. The Kier molecular flexibility index (Phi) is 4.66. The number of halogens is 1. The second-order valence-corrected chi connectivity index (χ2v) is 8.01. The summed E-state index contributed by atoms with van der Waals surface area (Å²) < 4.78 is 12.1. The van der Waals surface area contributed by atoms with Gasteiger partial charge >= 0.3 is 5.97 Å². The molecule has 0 amide bonds. The smallest absolute Gasteiger partial charge is 0.341 e. The molecule has 2 aromatic rings. The van der Waals surface area contributed by atoms with E-state index in [2.05, 4.69) is 15.9 Å². The normalized spacial score (nSPS) is 29.7. The summed E-state index contributed by atoms with van der Waals surface area (Å²) in [6.07, 6.45) is -2.35. The Labute approximate surface area is 175 Å². The predicted octanol–water partition coefficient (Wildman–Crippen LogP) is 3.04. The average Bonchev–Trinajstić information content (AvgIpc) is 3.28. The first kappa shape index (κ1) is 18.7. The maximum Gasteiger partial charge on any atom is 0.341 e. The van der Waals surface area contributed by atoms with E-state index < -0.39 is 30.3 Å². The monoisotopic (exact) mass is 459 g/mol. The number of hydrogen-bond acceptors (Lipinski definition) is 7. The minimum Gasteiger partial charge on any atom is -0.485 e. The van der Waals surface area contributed by atoms with Gasteiger partial charge in [0.15, 0.2) is 18.0 Å². The number of carbonyl (C=O) groups is 2. The van der Waals surface area contributed by atoms with E-state index in [0.29, 0.717) is 11.3 Å². The molecule has 7 nitrogen and oxygen atoms in total. The zero-order valence-electron chi connectivity index (χ0n) is 15.5. The van der Waals surface area contributed by atoms with Gasteiger partial charge < -0.3 is 9.47 Å². The summed E-state index contributed by atoms with van der Waals surface area (Å²) in [4.78, 5) is 37.3. The fourth-order valence-corrected chi connectivity index (χ4v) is 4.47. The first-order valence-corrected chi connectivity index (χ1v) is 10.2. The Balaban J connectivity index is 1.53. The number of fused-ring (bicyclic) bond motifs is 2. The van der Waals surface area contributed by atoms with Gasteiger partial charge in [0.05, 0.1) is 6.61 Å². The molecule has 5 atom stereocenters. The van der Waals surface area contributed by atoms with Gasteiger partial charge in [-0.05, 0) is 25.1 Å². The minimum atomic E-state index is -0.945. The Morgan fingerprint density at radius 2 is 1.79 bits per heavy atom. The van der Waals surface area contributed by atoms with Crippen LogP contribution in [0.4, 0.5) is 0 Å². The molecule has 0 spiro atoms. The van der Waals surface area contributed by atoms with Gasteiger partial charge in [0.1, 0.15) is 11.8 Å². The number of para-hydroxylation sites is 1. The summed E-state index contributed by atoms with van der Waals surface area (Å²) in [6, 6.07) is 14.2. The summed E-state index contributed by atoms with van der Waals surface area (Å²) >= 11 is 3.38. The number of rotatable bonds is 4. The van der Waals surface area contributed by atoms with Crippen LogP contribution in [-0.4, -0.2) is 47.9 Å². The van der Waals surface area contributed by atoms with Crippen molar-refractivity contribution < 1.29 is 28.7 Å². The largest absolute Gasteiger partial charge is 0.485 e. The van der Waals surface area contributed by atoms with Gasteiger partial charge in [-0.1, -0.05) is 51.5 Å². The van der Waals surface area contributed by atoms with Crippen LogP contribution in [0.15, 0.2) is 53.0 Å². The molecule has 0 unspecified atom stereocenters. The lowest BCUT2D eigenvalue weighted by Crippen LogP contribution is -2.48. The lowest BCUT2D eigenvalue weighted by Gasteiger charge is -2.33. The van der Waals surface area contributed by atoms with Crippen molar-refractivity contribution in [3.63, 3.8) is 0 Å². The third-order valence-corrected chi connectivity index (χ3v) is 5.98. The molecule has 0 bridgehead atoms. The van der Waals surface area contributed by atoms with Crippen molar-refractivity contribution in [3.8, 4) is 5.75 Å². The lowest BCUT2D eigenvalue weighted by atomic mass is 9.79. The Bertz CT molecular complexity index is 964. The number of esters is 1. The number of hydrogen-bond donors (Lipinski definition) is 0. The van der Waals surface area contributed by atoms with Gasteiger partial charge in [0, 0.05) is 21.5 Å². The van der Waals surface area contributed by atoms with Gasteiger partial charge in [-0.25, -0.2) is 4.79 Å². The molecule has 3 aliphatic rings. The van der Waals surface area contributed by atoms with Gasteiger partial charge in [0.2, 0.25) is 6.10 Å². The van der Waals surface area contributed by atoms with Crippen LogP contribution in [-0.2, 0) is 19.2 Å². The number of carbonyl (C=O) groups excluding carboxylic acids is 2. The first-order valence-electron chi connectivity index (χ1n) is 9.43. The van der Waals surface area contributed by atoms with Crippen molar-refractivity contribution >= 4 is 27.7 Å². The molecule has 3 aliphatic heterocycles. The quantitative estimate of drug-likeness (QED) is 0.513. The van der Waals surface area contributed by atoms with Crippen LogP contribution in [0.25, 0.3) is 0 Å². The summed E-state index contributed by atoms with van der Waals surface area (Å²) in [5.74, 6) is -0.369. The highest BCUT2D eigenvalue weighted by atomic mass is 79.9. The van der Waals surface area contributed by atoms with Crippen molar-refractivity contribution in [1.82, 2.24) is 5.23 Å². The van der Waals surface area contributed by atoms with Crippen molar-refractivity contribution in [3.05, 3.63) is 64.1 Å². The molecule has 3 heterocycles. The molecule has 0 aliphatic carbocycles. The third-order valence-electron chi connectivity index (χ3n) is 5.45. The van der Waals surface area contributed by atoms with E-state index >= 15 is 0 Å². The molecule has 5 rings (SSSR count). The molecule has 0 N–H and O–H groups in total. The van der Waals surface area contributed by atoms with E-state index in [-0.39, 0.29) is 18.3 Å². The standard InChI is InChI=1S/C21H18BrNO6/c1-2-26-21(25)20-19-16-15(13-5-3-4-6-14(13)27-19)18(28-23(16)29-20)17(24)11-7-9-12(22)10-8-11/h3-10,15-16,18-20H,2H2,1H3/t15-,16-,18-,19+,20+/m0/s1. The van der Waals surface area contributed by atoms with Crippen LogP contribution < -0.4 is 4.74 Å².